The molecule has 2 aliphatic carbocycles. The number of fused-ring (bicyclic) bond motifs is 4. The first kappa shape index (κ1) is 32.0. The van der Waals surface area contributed by atoms with Crippen molar-refractivity contribution in [3.8, 4) is 39.4 Å². The van der Waals surface area contributed by atoms with Gasteiger partial charge in [0.05, 0.1) is 11.2 Å². The smallest absolute Gasteiger partial charge is 0.227 e. The van der Waals surface area contributed by atoms with Gasteiger partial charge in [-0.3, -0.25) is 0 Å². The van der Waals surface area contributed by atoms with Crippen LogP contribution in [-0.4, -0.2) is 9.55 Å². The van der Waals surface area contributed by atoms with Gasteiger partial charge < -0.3 is 8.98 Å². The van der Waals surface area contributed by atoms with Gasteiger partial charge >= 0.3 is 0 Å². The molecule has 258 valence electrons. The zero-order valence-corrected chi connectivity index (χ0v) is 30.2. The molecule has 3 nitrogen and oxygen atoms in total. The molecule has 8 aromatic rings. The third-order valence-electron chi connectivity index (χ3n) is 10.9. The summed E-state index contributed by atoms with van der Waals surface area (Å²) in [5, 5.41) is 1.29. The van der Waals surface area contributed by atoms with Gasteiger partial charge in [-0.1, -0.05) is 127 Å². The summed E-state index contributed by atoms with van der Waals surface area (Å²) in [4.78, 5) is 5.27. The van der Waals surface area contributed by atoms with E-state index in [1.54, 1.807) is 0 Å². The number of para-hydroxylation sites is 1. The zero-order valence-electron chi connectivity index (χ0n) is 30.2. The fourth-order valence-corrected chi connectivity index (χ4v) is 8.24. The quantitative estimate of drug-likeness (QED) is 0.173. The highest BCUT2D eigenvalue weighted by Crippen LogP contribution is 2.40. The molecule has 0 unspecified atom stereocenters. The first-order valence-electron chi connectivity index (χ1n) is 18.8. The molecule has 0 fully saturated rings. The number of hydrogen-bond donors (Lipinski definition) is 0. The van der Waals surface area contributed by atoms with Gasteiger partial charge in [-0.05, 0) is 125 Å². The fourth-order valence-electron chi connectivity index (χ4n) is 8.24. The Hall–Kier alpha value is -6.71. The van der Waals surface area contributed by atoms with Crippen molar-refractivity contribution in [3.05, 3.63) is 198 Å². The van der Waals surface area contributed by atoms with Crippen LogP contribution in [0.3, 0.4) is 0 Å². The molecule has 10 rings (SSSR count). The van der Waals surface area contributed by atoms with Crippen LogP contribution < -0.4 is 0 Å². The van der Waals surface area contributed by atoms with E-state index in [0.717, 1.165) is 63.9 Å². The third-order valence-corrected chi connectivity index (χ3v) is 10.9. The number of oxazole rings is 1. The highest BCUT2D eigenvalue weighted by molar-refractivity contribution is 5.98. The lowest BCUT2D eigenvalue weighted by Gasteiger charge is -2.16. The zero-order chi connectivity index (χ0) is 36.0. The number of benzene rings is 6. The molecule has 2 aliphatic rings. The van der Waals surface area contributed by atoms with Gasteiger partial charge in [0.15, 0.2) is 5.58 Å². The lowest BCUT2D eigenvalue weighted by atomic mass is 9.89. The maximum atomic E-state index is 6.78. The summed E-state index contributed by atoms with van der Waals surface area (Å²) in [7, 11) is 0. The number of nitrogens with zero attached hydrogens (tertiary/aromatic N) is 2. The van der Waals surface area contributed by atoms with Crippen LogP contribution in [0.4, 0.5) is 0 Å². The van der Waals surface area contributed by atoms with Gasteiger partial charge in [-0.2, -0.15) is 0 Å². The van der Waals surface area contributed by atoms with Crippen LogP contribution in [-0.2, 0) is 6.42 Å². The Balaban J connectivity index is 1.11. The second kappa shape index (κ2) is 13.4. The number of rotatable bonds is 6. The molecule has 3 heteroatoms. The monoisotopic (exact) mass is 694 g/mol. The molecule has 0 amide bonds. The van der Waals surface area contributed by atoms with Crippen LogP contribution >= 0.6 is 0 Å². The molecule has 0 saturated heterocycles. The molecule has 0 N–H and O–H groups in total. The SMILES string of the molecule is Cc1cc(-n2c3c(c4ccccc42)CC=CC=C3)ccc1-c1nc2c(-c3cccc(-c4ccccc4)c3)cc(C3=CCCC(c4ccccc4)=C3)cc2o1. The summed E-state index contributed by atoms with van der Waals surface area (Å²) in [6.07, 6.45) is 16.4. The molecule has 2 aromatic heterocycles. The van der Waals surface area contributed by atoms with Gasteiger partial charge in [0, 0.05) is 22.2 Å². The normalized spacial score (nSPS) is 13.9. The molecule has 0 atom stereocenters. The Labute approximate surface area is 315 Å². The first-order chi connectivity index (χ1) is 26.7. The Kier molecular flexibility index (Phi) is 7.91. The van der Waals surface area contributed by atoms with Crippen LogP contribution in [0.2, 0.25) is 0 Å². The minimum absolute atomic E-state index is 0.630. The van der Waals surface area contributed by atoms with Crippen molar-refractivity contribution in [3.63, 3.8) is 0 Å². The van der Waals surface area contributed by atoms with Crippen molar-refractivity contribution < 1.29 is 4.42 Å². The number of allylic oxidation sites excluding steroid dienone is 7. The predicted octanol–water partition coefficient (Wildman–Crippen LogP) is 13.5. The van der Waals surface area contributed by atoms with E-state index in [1.807, 2.05) is 0 Å². The highest BCUT2D eigenvalue weighted by Gasteiger charge is 2.21. The Morgan fingerprint density at radius 2 is 1.43 bits per heavy atom. The Bertz CT molecular complexity index is 2840. The number of aryl methyl sites for hydroxylation is 1. The minimum Gasteiger partial charge on any atom is -0.436 e. The third kappa shape index (κ3) is 5.66. The number of aromatic nitrogens is 2. The average Bonchev–Trinajstić information content (AvgIpc) is 3.70. The molecule has 0 bridgehead atoms. The minimum atomic E-state index is 0.630. The maximum absolute atomic E-state index is 6.78. The Morgan fingerprint density at radius 1 is 0.648 bits per heavy atom. The van der Waals surface area contributed by atoms with Gasteiger partial charge in [-0.15, -0.1) is 0 Å². The van der Waals surface area contributed by atoms with E-state index in [0.29, 0.717) is 5.89 Å². The van der Waals surface area contributed by atoms with E-state index >= 15 is 0 Å². The van der Waals surface area contributed by atoms with Gasteiger partial charge in [0.1, 0.15) is 5.52 Å². The molecule has 0 aliphatic heterocycles. The summed E-state index contributed by atoms with van der Waals surface area (Å²) < 4.78 is 9.16. The van der Waals surface area contributed by atoms with Gasteiger partial charge in [0.2, 0.25) is 5.89 Å². The van der Waals surface area contributed by atoms with E-state index in [2.05, 4.69) is 187 Å². The largest absolute Gasteiger partial charge is 0.436 e. The lowest BCUT2D eigenvalue weighted by molar-refractivity contribution is 0.619. The van der Waals surface area contributed by atoms with Crippen molar-refractivity contribution in [2.24, 2.45) is 0 Å². The Morgan fingerprint density at radius 3 is 2.28 bits per heavy atom. The summed E-state index contributed by atoms with van der Waals surface area (Å²) >= 11 is 0. The standard InChI is InChI=1S/C51H38N2O/c1-34-29-42(53-47-25-10-4-9-23-44(47)45-24-11-12-26-48(45)53)27-28-43(34)51-52-50-46(40-22-14-20-38(31-40)36-17-7-3-8-18-36)32-41(33-49(50)54-51)39-21-13-19-37(30-39)35-15-5-2-6-16-35/h2-12,14-18,20-22,24-33H,13,19,23H2,1H3. The van der Waals surface area contributed by atoms with Crippen LogP contribution in [0.15, 0.2) is 174 Å². The van der Waals surface area contributed by atoms with Crippen molar-refractivity contribution in [1.29, 1.82) is 0 Å². The van der Waals surface area contributed by atoms with Crippen molar-refractivity contribution in [1.82, 2.24) is 9.55 Å². The molecular formula is C51H38N2O. The molecule has 6 aromatic carbocycles. The molecule has 0 saturated carbocycles. The van der Waals surface area contributed by atoms with Crippen LogP contribution in [0, 0.1) is 6.92 Å². The van der Waals surface area contributed by atoms with Gasteiger partial charge in [-0.25, -0.2) is 4.98 Å². The second-order valence-corrected chi connectivity index (χ2v) is 14.3. The van der Waals surface area contributed by atoms with Crippen molar-refractivity contribution in [2.45, 2.75) is 26.2 Å². The van der Waals surface area contributed by atoms with E-state index in [9.17, 15) is 0 Å². The maximum Gasteiger partial charge on any atom is 0.227 e. The molecule has 0 spiro atoms. The molecular weight excluding hydrogens is 657 g/mol. The highest BCUT2D eigenvalue weighted by atomic mass is 16.3. The van der Waals surface area contributed by atoms with E-state index < -0.39 is 0 Å². The lowest BCUT2D eigenvalue weighted by Crippen LogP contribution is -1.99. The van der Waals surface area contributed by atoms with E-state index in [4.69, 9.17) is 9.40 Å². The first-order valence-corrected chi connectivity index (χ1v) is 18.8. The van der Waals surface area contributed by atoms with Crippen LogP contribution in [0.1, 0.15) is 40.8 Å². The van der Waals surface area contributed by atoms with Crippen LogP contribution in [0.25, 0.3) is 78.6 Å². The van der Waals surface area contributed by atoms with Crippen LogP contribution in [0.5, 0.6) is 0 Å². The second-order valence-electron chi connectivity index (χ2n) is 14.3. The molecule has 0 radical (unpaired) electrons. The molecule has 54 heavy (non-hydrogen) atoms. The number of hydrogen-bond acceptors (Lipinski definition) is 2. The summed E-state index contributed by atoms with van der Waals surface area (Å²) in [5.41, 5.74) is 18.2. The average molecular weight is 695 g/mol. The predicted molar refractivity (Wildman–Crippen MR) is 225 cm³/mol. The summed E-state index contributed by atoms with van der Waals surface area (Å²) in [5.74, 6) is 0.630. The molecule has 2 heterocycles. The van der Waals surface area contributed by atoms with Crippen molar-refractivity contribution in [2.75, 3.05) is 0 Å². The van der Waals surface area contributed by atoms with Gasteiger partial charge in [0.25, 0.3) is 0 Å². The summed E-state index contributed by atoms with van der Waals surface area (Å²) in [6, 6.07) is 49.9. The van der Waals surface area contributed by atoms with E-state index in [1.165, 1.54) is 50.0 Å². The summed E-state index contributed by atoms with van der Waals surface area (Å²) in [6.45, 7) is 2.16. The van der Waals surface area contributed by atoms with E-state index in [-0.39, 0.29) is 0 Å². The topological polar surface area (TPSA) is 31.0 Å². The van der Waals surface area contributed by atoms with Crippen molar-refractivity contribution >= 4 is 39.2 Å². The fraction of sp³-hybridized carbons (Fsp3) is 0.0784.